The third kappa shape index (κ3) is 17.7. The van der Waals surface area contributed by atoms with Crippen LogP contribution < -0.4 is 0 Å². The zero-order valence-corrected chi connectivity index (χ0v) is 14.6. The molecule has 0 N–H and O–H groups in total. The van der Waals surface area contributed by atoms with E-state index in [1.165, 1.54) is 89.9 Å². The van der Waals surface area contributed by atoms with Crippen molar-refractivity contribution < 1.29 is 0 Å². The Bertz CT molecular complexity index is 190. The van der Waals surface area contributed by atoms with E-state index in [4.69, 9.17) is 0 Å². The van der Waals surface area contributed by atoms with Crippen LogP contribution >= 0.6 is 0 Å². The van der Waals surface area contributed by atoms with E-state index in [0.29, 0.717) is 0 Å². The topological polar surface area (TPSA) is 0 Å². The molecule has 20 heavy (non-hydrogen) atoms. The molecule has 0 saturated heterocycles. The molecule has 0 saturated carbocycles. The molecule has 0 spiro atoms. The van der Waals surface area contributed by atoms with Crippen LogP contribution in [0, 0.1) is 5.92 Å². The van der Waals surface area contributed by atoms with Crippen molar-refractivity contribution in [2.75, 3.05) is 0 Å². The number of rotatable bonds is 15. The van der Waals surface area contributed by atoms with E-state index in [0.717, 1.165) is 5.92 Å². The van der Waals surface area contributed by atoms with Crippen molar-refractivity contribution in [2.24, 2.45) is 5.92 Å². The van der Waals surface area contributed by atoms with Crippen molar-refractivity contribution in [3.05, 3.63) is 12.2 Å². The molecule has 0 nitrogen and oxygen atoms in total. The van der Waals surface area contributed by atoms with Gasteiger partial charge in [0.05, 0.1) is 0 Å². The molecule has 0 aliphatic rings. The second kappa shape index (κ2) is 16.8. The fourth-order valence-corrected chi connectivity index (χ4v) is 2.75. The summed E-state index contributed by atoms with van der Waals surface area (Å²) in [6.07, 6.45) is 24.7. The van der Waals surface area contributed by atoms with E-state index >= 15 is 0 Å². The average molecular weight is 281 g/mol. The summed E-state index contributed by atoms with van der Waals surface area (Å²) in [5.41, 5.74) is 0. The van der Waals surface area contributed by atoms with Crippen LogP contribution in [-0.2, 0) is 0 Å². The number of allylic oxidation sites excluding steroid dienone is 2. The number of hydrogen-bond acceptors (Lipinski definition) is 0. The Kier molecular flexibility index (Phi) is 16.6. The predicted molar refractivity (Wildman–Crippen MR) is 94.3 cm³/mol. The lowest BCUT2D eigenvalue weighted by Gasteiger charge is -2.04. The third-order valence-corrected chi connectivity index (χ3v) is 4.14. The van der Waals surface area contributed by atoms with Crippen LogP contribution in [0.3, 0.4) is 0 Å². The highest BCUT2D eigenvalue weighted by Crippen LogP contribution is 2.14. The van der Waals surface area contributed by atoms with E-state index in [1.807, 2.05) is 0 Å². The van der Waals surface area contributed by atoms with E-state index in [9.17, 15) is 0 Å². The molecule has 0 aromatic heterocycles. The Morgan fingerprint density at radius 2 is 1.00 bits per heavy atom. The Morgan fingerprint density at radius 3 is 1.40 bits per heavy atom. The van der Waals surface area contributed by atoms with Gasteiger partial charge in [0.25, 0.3) is 0 Å². The van der Waals surface area contributed by atoms with Gasteiger partial charge in [0.15, 0.2) is 0 Å². The molecule has 0 aliphatic heterocycles. The van der Waals surface area contributed by atoms with Gasteiger partial charge in [0.2, 0.25) is 0 Å². The summed E-state index contributed by atoms with van der Waals surface area (Å²) in [4.78, 5) is 0. The maximum absolute atomic E-state index is 2.33. The minimum Gasteiger partial charge on any atom is -0.0917 e. The van der Waals surface area contributed by atoms with Gasteiger partial charge in [-0.05, 0) is 25.7 Å². The molecular formula is C20H40. The largest absolute Gasteiger partial charge is 0.0917 e. The molecule has 0 fully saturated rings. The lowest BCUT2D eigenvalue weighted by Crippen LogP contribution is -1.87. The molecule has 0 aromatic carbocycles. The molecule has 0 radical (unpaired) electrons. The van der Waals surface area contributed by atoms with Crippen LogP contribution in [-0.4, -0.2) is 0 Å². The van der Waals surface area contributed by atoms with Crippen molar-refractivity contribution in [1.82, 2.24) is 0 Å². The predicted octanol–water partition coefficient (Wildman–Crippen LogP) is 7.68. The Labute approximate surface area is 129 Å². The Hall–Kier alpha value is -0.260. The van der Waals surface area contributed by atoms with E-state index < -0.39 is 0 Å². The summed E-state index contributed by atoms with van der Waals surface area (Å²) < 4.78 is 0. The minimum atomic E-state index is 0.896. The maximum atomic E-state index is 2.33. The molecule has 0 heteroatoms. The van der Waals surface area contributed by atoms with E-state index in [2.05, 4.69) is 32.9 Å². The molecular weight excluding hydrogens is 240 g/mol. The zero-order chi connectivity index (χ0) is 14.9. The smallest absolute Gasteiger partial charge is 0.0351 e. The Morgan fingerprint density at radius 1 is 0.600 bits per heavy atom. The van der Waals surface area contributed by atoms with Gasteiger partial charge in [0, 0.05) is 0 Å². The average Bonchev–Trinajstić information content (AvgIpc) is 2.43. The van der Waals surface area contributed by atoms with Crippen LogP contribution in [0.25, 0.3) is 0 Å². The first kappa shape index (κ1) is 19.7. The zero-order valence-electron chi connectivity index (χ0n) is 14.6. The summed E-state index contributed by atoms with van der Waals surface area (Å²) in [7, 11) is 0. The normalized spacial score (nSPS) is 11.8. The number of unbranched alkanes of at least 4 members (excludes halogenated alkanes) is 12. The molecule has 0 bridgehead atoms. The summed E-state index contributed by atoms with van der Waals surface area (Å²) in [6, 6.07) is 0. The quantitative estimate of drug-likeness (QED) is 0.213. The first-order valence-corrected chi connectivity index (χ1v) is 9.38. The fraction of sp³-hybridized carbons (Fsp3) is 0.900. The van der Waals surface area contributed by atoms with E-state index in [-0.39, 0.29) is 0 Å². The first-order valence-electron chi connectivity index (χ1n) is 9.38. The highest BCUT2D eigenvalue weighted by molar-refractivity contribution is 4.76. The molecule has 0 amide bonds. The third-order valence-electron chi connectivity index (χ3n) is 4.14. The Balaban J connectivity index is 2.96. The maximum Gasteiger partial charge on any atom is -0.0351 e. The molecule has 0 unspecified atom stereocenters. The van der Waals surface area contributed by atoms with Crippen LogP contribution in [0.4, 0.5) is 0 Å². The molecule has 0 atom stereocenters. The minimum absolute atomic E-state index is 0.896. The van der Waals surface area contributed by atoms with Crippen LogP contribution in [0.15, 0.2) is 12.2 Å². The van der Waals surface area contributed by atoms with Crippen molar-refractivity contribution in [3.63, 3.8) is 0 Å². The summed E-state index contributed by atoms with van der Waals surface area (Å²) >= 11 is 0. The van der Waals surface area contributed by atoms with Gasteiger partial charge < -0.3 is 0 Å². The molecule has 0 rings (SSSR count). The molecule has 0 heterocycles. The monoisotopic (exact) mass is 280 g/mol. The van der Waals surface area contributed by atoms with Gasteiger partial charge in [-0.3, -0.25) is 0 Å². The molecule has 0 aliphatic carbocycles. The van der Waals surface area contributed by atoms with Gasteiger partial charge in [-0.15, -0.1) is 0 Å². The van der Waals surface area contributed by atoms with Crippen LogP contribution in [0.1, 0.15) is 111 Å². The standard InChI is InChI=1S/C20H40/c1-4-5-6-7-8-9-10-11-12-13-14-15-16-17-18-19-20(2)3/h4-5,20H,6-19H2,1-3H3/b5-4-. The highest BCUT2D eigenvalue weighted by atomic mass is 14.0. The second-order valence-corrected chi connectivity index (χ2v) is 6.78. The van der Waals surface area contributed by atoms with Crippen molar-refractivity contribution in [2.45, 2.75) is 111 Å². The van der Waals surface area contributed by atoms with Crippen LogP contribution in [0.2, 0.25) is 0 Å². The van der Waals surface area contributed by atoms with Gasteiger partial charge in [-0.25, -0.2) is 0 Å². The summed E-state index contributed by atoms with van der Waals surface area (Å²) in [5.74, 6) is 0.896. The molecule has 0 aromatic rings. The highest BCUT2D eigenvalue weighted by Gasteiger charge is 1.95. The van der Waals surface area contributed by atoms with Gasteiger partial charge in [0.1, 0.15) is 0 Å². The van der Waals surface area contributed by atoms with Gasteiger partial charge >= 0.3 is 0 Å². The van der Waals surface area contributed by atoms with E-state index in [1.54, 1.807) is 0 Å². The van der Waals surface area contributed by atoms with Crippen molar-refractivity contribution in [3.8, 4) is 0 Å². The number of hydrogen-bond donors (Lipinski definition) is 0. The SMILES string of the molecule is C/C=C\CCCCCCCCCCCCCCC(C)C. The van der Waals surface area contributed by atoms with Crippen molar-refractivity contribution in [1.29, 1.82) is 0 Å². The van der Waals surface area contributed by atoms with Gasteiger partial charge in [-0.1, -0.05) is 103 Å². The second-order valence-electron chi connectivity index (χ2n) is 6.78. The molecule has 120 valence electrons. The lowest BCUT2D eigenvalue weighted by atomic mass is 10.0. The van der Waals surface area contributed by atoms with Crippen LogP contribution in [0.5, 0.6) is 0 Å². The van der Waals surface area contributed by atoms with Gasteiger partial charge in [-0.2, -0.15) is 0 Å². The first-order chi connectivity index (χ1) is 9.77. The summed E-state index contributed by atoms with van der Waals surface area (Å²) in [6.45, 7) is 6.78. The summed E-state index contributed by atoms with van der Waals surface area (Å²) in [5, 5.41) is 0. The lowest BCUT2D eigenvalue weighted by molar-refractivity contribution is 0.503. The fourth-order valence-electron chi connectivity index (χ4n) is 2.75. The van der Waals surface area contributed by atoms with Crippen molar-refractivity contribution >= 4 is 0 Å².